The Bertz CT molecular complexity index is 239. The van der Waals surface area contributed by atoms with Crippen LogP contribution < -0.4 is 0 Å². The zero-order valence-corrected chi connectivity index (χ0v) is 17.0. The smallest absolute Gasteiger partial charge is 0.0861 e. The van der Waals surface area contributed by atoms with Gasteiger partial charge in [0.25, 0.3) is 0 Å². The molecule has 0 aliphatic heterocycles. The fourth-order valence-electron chi connectivity index (χ4n) is 2.87. The molecule has 0 spiro atoms. The second kappa shape index (κ2) is 19.6. The number of thioether (sulfide) groups is 1. The van der Waals surface area contributed by atoms with Crippen molar-refractivity contribution >= 4 is 11.8 Å². The summed E-state index contributed by atoms with van der Waals surface area (Å²) in [7, 11) is 1.77. The van der Waals surface area contributed by atoms with Crippen molar-refractivity contribution in [3.05, 3.63) is 0 Å². The van der Waals surface area contributed by atoms with Crippen LogP contribution in [0.15, 0.2) is 0 Å². The van der Waals surface area contributed by atoms with Gasteiger partial charge >= 0.3 is 0 Å². The lowest BCUT2D eigenvalue weighted by Gasteiger charge is -2.15. The van der Waals surface area contributed by atoms with Crippen LogP contribution in [0.4, 0.5) is 0 Å². The molecule has 2 N–H and O–H groups in total. The molecule has 0 saturated carbocycles. The number of aliphatic hydroxyl groups is 2. The van der Waals surface area contributed by atoms with Gasteiger partial charge in [-0.1, -0.05) is 84.0 Å². The Balaban J connectivity index is 3.29. The van der Waals surface area contributed by atoms with Gasteiger partial charge in [0.15, 0.2) is 0 Å². The molecule has 0 unspecified atom stereocenters. The Labute approximate surface area is 154 Å². The molecule has 0 heterocycles. The summed E-state index contributed by atoms with van der Waals surface area (Å²) >= 11 is 1.67. The molecule has 0 aromatic rings. The Morgan fingerprint density at radius 3 is 1.75 bits per heavy atom. The Kier molecular flexibility index (Phi) is 19.7. The van der Waals surface area contributed by atoms with Crippen LogP contribution in [0.1, 0.15) is 90.4 Å². The first-order valence-corrected chi connectivity index (χ1v) is 11.3. The molecule has 0 aromatic carbocycles. The molecule has 4 heteroatoms. The van der Waals surface area contributed by atoms with Gasteiger partial charge in [-0.3, -0.25) is 0 Å². The van der Waals surface area contributed by atoms with Crippen LogP contribution in [0.3, 0.4) is 0 Å². The summed E-state index contributed by atoms with van der Waals surface area (Å²) in [5.74, 6) is 1.50. The molecule has 24 heavy (non-hydrogen) atoms. The monoisotopic (exact) mass is 362 g/mol. The van der Waals surface area contributed by atoms with E-state index in [1.54, 1.807) is 18.9 Å². The number of methoxy groups -OCH3 is 1. The third kappa shape index (κ3) is 17.1. The summed E-state index contributed by atoms with van der Waals surface area (Å²) in [6.07, 6.45) is 17.3. The highest BCUT2D eigenvalue weighted by atomic mass is 32.2. The van der Waals surface area contributed by atoms with Gasteiger partial charge in [0.2, 0.25) is 0 Å². The number of aliphatic hydroxyl groups excluding tert-OH is 2. The minimum atomic E-state index is -0.598. The first-order chi connectivity index (χ1) is 11.7. The van der Waals surface area contributed by atoms with Gasteiger partial charge in [-0.15, -0.1) is 0 Å². The quantitative estimate of drug-likeness (QED) is 0.311. The van der Waals surface area contributed by atoms with Gasteiger partial charge in [0.05, 0.1) is 18.8 Å². The van der Waals surface area contributed by atoms with E-state index in [0.29, 0.717) is 5.75 Å². The van der Waals surface area contributed by atoms with Gasteiger partial charge in [0.1, 0.15) is 0 Å². The van der Waals surface area contributed by atoms with E-state index < -0.39 is 6.10 Å². The van der Waals surface area contributed by atoms with Crippen LogP contribution in [0, 0.1) is 0 Å². The van der Waals surface area contributed by atoms with Crippen molar-refractivity contribution in [1.82, 2.24) is 0 Å². The average molecular weight is 363 g/mol. The zero-order chi connectivity index (χ0) is 17.9. The lowest BCUT2D eigenvalue weighted by atomic mass is 10.0. The van der Waals surface area contributed by atoms with Gasteiger partial charge in [-0.2, -0.15) is 11.8 Å². The molecule has 146 valence electrons. The second-order valence-corrected chi connectivity index (χ2v) is 7.98. The maximum atomic E-state index is 9.32. The third-order valence-corrected chi connectivity index (χ3v) is 5.77. The molecular formula is C20H42O3S. The predicted octanol–water partition coefficient (Wildman–Crippen LogP) is 5.18. The standard InChI is InChI=1S/C20H42O3S/c1-3-4-5-6-7-8-9-10-11-12-13-14-15-20(23-2)18-24-17-19(22)16-21/h19-22H,3-18H2,1-2H3/t19-,20+/m0/s1. The SMILES string of the molecule is CCCCCCCCCCCCCC[C@H](CSC[C@@H](O)CO)OC. The Hall–Kier alpha value is 0.230. The first kappa shape index (κ1) is 24.2. The fourth-order valence-corrected chi connectivity index (χ4v) is 3.95. The van der Waals surface area contributed by atoms with E-state index in [9.17, 15) is 5.11 Å². The highest BCUT2D eigenvalue weighted by Crippen LogP contribution is 2.16. The predicted molar refractivity (Wildman–Crippen MR) is 107 cm³/mol. The van der Waals surface area contributed by atoms with Crippen LogP contribution in [0.5, 0.6) is 0 Å². The zero-order valence-electron chi connectivity index (χ0n) is 16.2. The molecule has 2 atom stereocenters. The van der Waals surface area contributed by atoms with Gasteiger partial charge in [0, 0.05) is 18.6 Å². The highest BCUT2D eigenvalue weighted by Gasteiger charge is 2.09. The van der Waals surface area contributed by atoms with Crippen molar-refractivity contribution in [3.8, 4) is 0 Å². The van der Waals surface area contributed by atoms with Crippen LogP contribution in [-0.2, 0) is 4.74 Å². The van der Waals surface area contributed by atoms with E-state index in [1.807, 2.05) is 0 Å². The Morgan fingerprint density at radius 2 is 1.29 bits per heavy atom. The molecule has 0 aliphatic carbocycles. The topological polar surface area (TPSA) is 49.7 Å². The minimum Gasteiger partial charge on any atom is -0.394 e. The maximum Gasteiger partial charge on any atom is 0.0861 e. The fraction of sp³-hybridized carbons (Fsp3) is 1.00. The van der Waals surface area contributed by atoms with Crippen molar-refractivity contribution < 1.29 is 14.9 Å². The van der Waals surface area contributed by atoms with Gasteiger partial charge < -0.3 is 14.9 Å². The maximum absolute atomic E-state index is 9.32. The van der Waals surface area contributed by atoms with Crippen LogP contribution in [0.25, 0.3) is 0 Å². The second-order valence-electron chi connectivity index (χ2n) is 6.91. The average Bonchev–Trinajstić information content (AvgIpc) is 2.60. The number of hydrogen-bond acceptors (Lipinski definition) is 4. The van der Waals surface area contributed by atoms with Crippen molar-refractivity contribution in [2.75, 3.05) is 25.2 Å². The third-order valence-electron chi connectivity index (χ3n) is 4.54. The van der Waals surface area contributed by atoms with Crippen molar-refractivity contribution in [2.24, 2.45) is 0 Å². The summed E-state index contributed by atoms with van der Waals surface area (Å²) in [6, 6.07) is 0. The molecular weight excluding hydrogens is 320 g/mol. The minimum absolute atomic E-state index is 0.149. The molecule has 0 aromatic heterocycles. The number of hydrogen-bond donors (Lipinski definition) is 2. The number of ether oxygens (including phenoxy) is 1. The summed E-state index contributed by atoms with van der Waals surface area (Å²) in [6.45, 7) is 2.12. The van der Waals surface area contributed by atoms with E-state index in [1.165, 1.54) is 77.0 Å². The van der Waals surface area contributed by atoms with Crippen LogP contribution in [0.2, 0.25) is 0 Å². The van der Waals surface area contributed by atoms with E-state index >= 15 is 0 Å². The molecule has 0 amide bonds. The van der Waals surface area contributed by atoms with E-state index in [0.717, 1.165) is 12.2 Å². The lowest BCUT2D eigenvalue weighted by Crippen LogP contribution is -2.19. The van der Waals surface area contributed by atoms with Crippen molar-refractivity contribution in [3.63, 3.8) is 0 Å². The number of unbranched alkanes of at least 4 members (excludes halogenated alkanes) is 11. The normalized spacial score (nSPS) is 14.0. The van der Waals surface area contributed by atoms with E-state index in [2.05, 4.69) is 6.92 Å². The summed E-state index contributed by atoms with van der Waals surface area (Å²) in [4.78, 5) is 0. The molecule has 0 saturated heterocycles. The van der Waals surface area contributed by atoms with Gasteiger partial charge in [-0.05, 0) is 6.42 Å². The Morgan fingerprint density at radius 1 is 0.792 bits per heavy atom. The molecule has 0 fully saturated rings. The molecule has 3 nitrogen and oxygen atoms in total. The summed E-state index contributed by atoms with van der Waals surface area (Å²) in [5.41, 5.74) is 0. The van der Waals surface area contributed by atoms with Crippen LogP contribution in [-0.4, -0.2) is 47.6 Å². The molecule has 0 aliphatic rings. The lowest BCUT2D eigenvalue weighted by molar-refractivity contribution is 0.108. The van der Waals surface area contributed by atoms with Gasteiger partial charge in [-0.25, -0.2) is 0 Å². The molecule has 0 rings (SSSR count). The summed E-state index contributed by atoms with van der Waals surface area (Å²) < 4.78 is 5.50. The highest BCUT2D eigenvalue weighted by molar-refractivity contribution is 7.99. The number of rotatable bonds is 19. The molecule has 0 radical (unpaired) electrons. The molecule has 0 bridgehead atoms. The van der Waals surface area contributed by atoms with Crippen molar-refractivity contribution in [1.29, 1.82) is 0 Å². The van der Waals surface area contributed by atoms with E-state index in [-0.39, 0.29) is 12.7 Å². The summed E-state index contributed by atoms with van der Waals surface area (Å²) in [5, 5.41) is 18.1. The van der Waals surface area contributed by atoms with Crippen LogP contribution >= 0.6 is 11.8 Å². The van der Waals surface area contributed by atoms with Crippen molar-refractivity contribution in [2.45, 2.75) is 103 Å². The van der Waals surface area contributed by atoms with E-state index in [4.69, 9.17) is 9.84 Å². The first-order valence-electron chi connectivity index (χ1n) is 10.1. The largest absolute Gasteiger partial charge is 0.394 e.